The highest BCUT2D eigenvalue weighted by molar-refractivity contribution is 6.05. The fourth-order valence-corrected chi connectivity index (χ4v) is 6.91. The maximum Gasteiger partial charge on any atom is 0.260 e. The zero-order valence-electron chi connectivity index (χ0n) is 27.9. The van der Waals surface area contributed by atoms with Crippen molar-refractivity contribution >= 4 is 29.0 Å². The SMILES string of the molecule is C=CCCCC(=C)c1cc(CC)c(CCCCCc2cc3c(cc2CC)C(=O)N2C=C(c4ccc(C)cc4)C[C@H]2C=N3)cc1C. The third-order valence-corrected chi connectivity index (χ3v) is 9.64. The van der Waals surface area contributed by atoms with Gasteiger partial charge in [0.2, 0.25) is 0 Å². The molecule has 3 aromatic rings. The van der Waals surface area contributed by atoms with Crippen LogP contribution in [0.3, 0.4) is 0 Å². The molecule has 0 unspecified atom stereocenters. The zero-order valence-corrected chi connectivity index (χ0v) is 27.9. The lowest BCUT2D eigenvalue weighted by Gasteiger charge is -2.19. The molecule has 0 spiro atoms. The van der Waals surface area contributed by atoms with Gasteiger partial charge in [0.05, 0.1) is 17.3 Å². The van der Waals surface area contributed by atoms with E-state index in [1.807, 2.05) is 23.4 Å². The molecule has 5 rings (SSSR count). The molecule has 0 aliphatic carbocycles. The van der Waals surface area contributed by atoms with E-state index in [2.05, 4.69) is 89.4 Å². The standard InChI is InChI=1S/C42H50N2O/c1-7-10-12-15-30(5)39-24-32(8-2)35(22-31(39)6)16-13-11-14-17-36-26-41-40(25-33(36)9-3)42(45)44-28-37(23-38(44)27-43-41)34-20-18-29(4)19-21-34/h7,18-22,24-28,38H,1,5,8-17,23H2,2-4,6H3/t38-/m0/s1. The Hall–Kier alpha value is -3.98. The van der Waals surface area contributed by atoms with Crippen LogP contribution in [0, 0.1) is 13.8 Å². The lowest BCUT2D eigenvalue weighted by atomic mass is 9.89. The van der Waals surface area contributed by atoms with Crippen molar-refractivity contribution in [2.45, 2.75) is 104 Å². The van der Waals surface area contributed by atoms with Crippen LogP contribution in [0.25, 0.3) is 11.1 Å². The number of aliphatic imine (C=N–C) groups is 1. The molecule has 3 aromatic carbocycles. The van der Waals surface area contributed by atoms with Crippen molar-refractivity contribution < 1.29 is 4.79 Å². The largest absolute Gasteiger partial charge is 0.306 e. The Kier molecular flexibility index (Phi) is 10.7. The number of aryl methyl sites for hydroxylation is 6. The van der Waals surface area contributed by atoms with Crippen LogP contribution in [0.2, 0.25) is 0 Å². The van der Waals surface area contributed by atoms with Gasteiger partial charge >= 0.3 is 0 Å². The monoisotopic (exact) mass is 598 g/mol. The van der Waals surface area contributed by atoms with Crippen LogP contribution < -0.4 is 0 Å². The summed E-state index contributed by atoms with van der Waals surface area (Å²) in [6, 6.07) is 17.6. The highest BCUT2D eigenvalue weighted by atomic mass is 16.2. The summed E-state index contributed by atoms with van der Waals surface area (Å²) in [6.45, 7) is 17.0. The second-order valence-electron chi connectivity index (χ2n) is 12.9. The first-order valence-corrected chi connectivity index (χ1v) is 17.0. The summed E-state index contributed by atoms with van der Waals surface area (Å²) < 4.78 is 0. The van der Waals surface area contributed by atoms with E-state index in [4.69, 9.17) is 4.99 Å². The molecule has 0 fully saturated rings. The molecule has 2 aliphatic heterocycles. The summed E-state index contributed by atoms with van der Waals surface area (Å²) in [5.74, 6) is 0.0595. The highest BCUT2D eigenvalue weighted by Gasteiger charge is 2.33. The number of carbonyl (C=O) groups excluding carboxylic acids is 1. The summed E-state index contributed by atoms with van der Waals surface area (Å²) in [5, 5.41) is 0. The second-order valence-corrected chi connectivity index (χ2v) is 12.9. The molecule has 1 amide bonds. The van der Waals surface area contributed by atoms with Crippen LogP contribution in [0.1, 0.15) is 114 Å². The molecule has 0 radical (unpaired) electrons. The second kappa shape index (κ2) is 14.9. The van der Waals surface area contributed by atoms with E-state index in [-0.39, 0.29) is 11.9 Å². The molecule has 3 nitrogen and oxygen atoms in total. The first-order valence-electron chi connectivity index (χ1n) is 17.0. The van der Waals surface area contributed by atoms with Gasteiger partial charge in [-0.1, -0.05) is 74.9 Å². The van der Waals surface area contributed by atoms with Gasteiger partial charge in [-0.2, -0.15) is 0 Å². The fourth-order valence-electron chi connectivity index (χ4n) is 6.91. The van der Waals surface area contributed by atoms with Crippen molar-refractivity contribution in [2.24, 2.45) is 4.99 Å². The van der Waals surface area contributed by atoms with E-state index in [0.717, 1.165) is 69.0 Å². The first kappa shape index (κ1) is 32.4. The van der Waals surface area contributed by atoms with Gasteiger partial charge in [-0.15, -0.1) is 6.58 Å². The molecule has 234 valence electrons. The summed E-state index contributed by atoms with van der Waals surface area (Å²) in [4.78, 5) is 20.5. The molecule has 1 atom stereocenters. The van der Waals surface area contributed by atoms with Crippen LogP contribution in [0.5, 0.6) is 0 Å². The van der Waals surface area contributed by atoms with E-state index in [9.17, 15) is 4.79 Å². The van der Waals surface area contributed by atoms with Crippen molar-refractivity contribution in [2.75, 3.05) is 0 Å². The minimum Gasteiger partial charge on any atom is -0.306 e. The van der Waals surface area contributed by atoms with Crippen molar-refractivity contribution in [1.29, 1.82) is 0 Å². The number of benzene rings is 3. The maximum atomic E-state index is 13.7. The quantitative estimate of drug-likeness (QED) is 0.134. The zero-order chi connectivity index (χ0) is 31.9. The van der Waals surface area contributed by atoms with Gasteiger partial charge in [-0.3, -0.25) is 9.79 Å². The number of hydrogen-bond acceptors (Lipinski definition) is 2. The number of unbranched alkanes of at least 4 members (excludes halogenated alkanes) is 3. The molecular formula is C42H50N2O. The molecule has 45 heavy (non-hydrogen) atoms. The molecule has 0 saturated heterocycles. The van der Waals surface area contributed by atoms with Gasteiger partial charge in [-0.05, 0) is 134 Å². The summed E-state index contributed by atoms with van der Waals surface area (Å²) in [5.41, 5.74) is 14.6. The molecule has 0 bridgehead atoms. The maximum absolute atomic E-state index is 13.7. The number of allylic oxidation sites excluding steroid dienone is 2. The molecule has 0 N–H and O–H groups in total. The Balaban J connectivity index is 1.21. The van der Waals surface area contributed by atoms with Gasteiger partial charge in [0.1, 0.15) is 0 Å². The highest BCUT2D eigenvalue weighted by Crippen LogP contribution is 2.36. The number of carbonyl (C=O) groups is 1. The summed E-state index contributed by atoms with van der Waals surface area (Å²) in [7, 11) is 0. The smallest absolute Gasteiger partial charge is 0.260 e. The third kappa shape index (κ3) is 7.47. The van der Waals surface area contributed by atoms with Crippen LogP contribution in [0.15, 0.2) is 79.0 Å². The average molecular weight is 599 g/mol. The Labute approximate surface area is 271 Å². The predicted octanol–water partition coefficient (Wildman–Crippen LogP) is 10.7. The lowest BCUT2D eigenvalue weighted by molar-refractivity contribution is 0.0817. The third-order valence-electron chi connectivity index (χ3n) is 9.64. The van der Waals surface area contributed by atoms with Gasteiger partial charge in [0.15, 0.2) is 0 Å². The minimum atomic E-state index is -0.0317. The minimum absolute atomic E-state index is 0.0317. The van der Waals surface area contributed by atoms with Crippen LogP contribution >= 0.6 is 0 Å². The van der Waals surface area contributed by atoms with Gasteiger partial charge in [-0.25, -0.2) is 0 Å². The van der Waals surface area contributed by atoms with E-state index in [1.165, 1.54) is 68.5 Å². The number of hydrogen-bond donors (Lipinski definition) is 0. The van der Waals surface area contributed by atoms with Crippen molar-refractivity contribution in [3.05, 3.63) is 124 Å². The number of fused-ring (bicyclic) bond motifs is 2. The van der Waals surface area contributed by atoms with E-state index < -0.39 is 0 Å². The molecule has 0 saturated carbocycles. The molecular weight excluding hydrogens is 548 g/mol. The molecule has 2 heterocycles. The van der Waals surface area contributed by atoms with Crippen LogP contribution in [0.4, 0.5) is 5.69 Å². The van der Waals surface area contributed by atoms with Crippen molar-refractivity contribution in [3.63, 3.8) is 0 Å². The Morgan fingerprint density at radius 1 is 0.911 bits per heavy atom. The number of amides is 1. The Morgan fingerprint density at radius 3 is 2.29 bits per heavy atom. The fraction of sp³-hybridized carbons (Fsp3) is 0.381. The molecule has 3 heteroatoms. The normalized spacial score (nSPS) is 15.5. The summed E-state index contributed by atoms with van der Waals surface area (Å²) in [6.07, 6.45) is 17.6. The Bertz CT molecular complexity index is 1620. The Morgan fingerprint density at radius 2 is 1.60 bits per heavy atom. The van der Waals surface area contributed by atoms with Crippen molar-refractivity contribution in [3.8, 4) is 0 Å². The van der Waals surface area contributed by atoms with Gasteiger partial charge in [0, 0.05) is 18.8 Å². The van der Waals surface area contributed by atoms with Crippen LogP contribution in [-0.2, 0) is 25.7 Å². The number of nitrogens with zero attached hydrogens (tertiary/aromatic N) is 2. The van der Waals surface area contributed by atoms with E-state index in [0.29, 0.717) is 0 Å². The average Bonchev–Trinajstić information content (AvgIpc) is 3.43. The van der Waals surface area contributed by atoms with Crippen molar-refractivity contribution in [1.82, 2.24) is 4.90 Å². The van der Waals surface area contributed by atoms with Gasteiger partial charge in [0.25, 0.3) is 5.91 Å². The predicted molar refractivity (Wildman–Crippen MR) is 193 cm³/mol. The van der Waals surface area contributed by atoms with Gasteiger partial charge < -0.3 is 4.90 Å². The van der Waals surface area contributed by atoms with E-state index in [1.54, 1.807) is 0 Å². The first-order chi connectivity index (χ1) is 21.8. The van der Waals surface area contributed by atoms with E-state index >= 15 is 0 Å². The van der Waals surface area contributed by atoms with Crippen LogP contribution in [-0.4, -0.2) is 23.1 Å². The summed E-state index contributed by atoms with van der Waals surface area (Å²) >= 11 is 0. The molecule has 0 aromatic heterocycles. The topological polar surface area (TPSA) is 32.7 Å². The lowest BCUT2D eigenvalue weighted by Crippen LogP contribution is -2.32. The molecule has 2 aliphatic rings. The number of rotatable bonds is 14.